The summed E-state index contributed by atoms with van der Waals surface area (Å²) in [6.45, 7) is 4.95. The molecule has 0 aromatic heterocycles. The number of carbonyl (C=O) groups is 2. The number of methoxy groups -OCH3 is 1. The third-order valence-electron chi connectivity index (χ3n) is 2.23. The molecule has 1 aromatic rings. The van der Waals surface area contributed by atoms with E-state index in [-0.39, 0.29) is 12.4 Å². The Morgan fingerprint density at radius 2 is 1.84 bits per heavy atom. The van der Waals surface area contributed by atoms with Crippen LogP contribution in [0.3, 0.4) is 0 Å². The van der Waals surface area contributed by atoms with Crippen LogP contribution >= 0.6 is 0 Å². The highest BCUT2D eigenvalue weighted by Gasteiger charge is 1.97. The minimum absolute atomic E-state index is 0.259. The third-order valence-corrected chi connectivity index (χ3v) is 2.23. The van der Waals surface area contributed by atoms with Crippen LogP contribution < -0.4 is 0 Å². The summed E-state index contributed by atoms with van der Waals surface area (Å²) in [6, 6.07) is 9.93. The van der Waals surface area contributed by atoms with Crippen molar-refractivity contribution in [2.75, 3.05) is 7.11 Å². The highest BCUT2D eigenvalue weighted by atomic mass is 16.5. The van der Waals surface area contributed by atoms with Gasteiger partial charge >= 0.3 is 11.9 Å². The highest BCUT2D eigenvalue weighted by molar-refractivity contribution is 5.86. The van der Waals surface area contributed by atoms with E-state index >= 15 is 0 Å². The zero-order chi connectivity index (χ0) is 14.7. The Hall–Kier alpha value is -2.10. The molecule has 4 heteroatoms. The Bertz CT molecular complexity index is 409. The van der Waals surface area contributed by atoms with Crippen molar-refractivity contribution in [2.24, 2.45) is 0 Å². The van der Waals surface area contributed by atoms with Gasteiger partial charge in [-0.2, -0.15) is 0 Å². The summed E-state index contributed by atoms with van der Waals surface area (Å²) in [5.74, 6) is -1.06. The van der Waals surface area contributed by atoms with Crippen molar-refractivity contribution in [3.05, 3.63) is 48.0 Å². The van der Waals surface area contributed by atoms with Crippen molar-refractivity contribution in [1.82, 2.24) is 0 Å². The Kier molecular flexibility index (Phi) is 8.79. The van der Waals surface area contributed by atoms with E-state index in [2.05, 4.69) is 11.3 Å². The fourth-order valence-electron chi connectivity index (χ4n) is 1.26. The van der Waals surface area contributed by atoms with E-state index in [0.717, 1.165) is 12.8 Å². The number of ether oxygens (including phenoxy) is 1. The number of carbonyl (C=O) groups excluding carboxylic acids is 1. The number of hydrogen-bond acceptors (Lipinski definition) is 3. The smallest absolute Gasteiger partial charge is 0.332 e. The average molecular weight is 264 g/mol. The molecular weight excluding hydrogens is 244 g/mol. The number of aryl methyl sites for hydroxylation is 1. The summed E-state index contributed by atoms with van der Waals surface area (Å²) >= 11 is 0. The van der Waals surface area contributed by atoms with Gasteiger partial charge in [-0.1, -0.05) is 36.9 Å². The van der Waals surface area contributed by atoms with Crippen molar-refractivity contribution in [3.63, 3.8) is 0 Å². The van der Waals surface area contributed by atoms with E-state index in [1.165, 1.54) is 12.7 Å². The fourth-order valence-corrected chi connectivity index (χ4v) is 1.26. The van der Waals surface area contributed by atoms with Crippen LogP contribution in [0.15, 0.2) is 42.5 Å². The lowest BCUT2D eigenvalue weighted by Gasteiger charge is -1.97. The second-order valence-corrected chi connectivity index (χ2v) is 4.00. The van der Waals surface area contributed by atoms with Gasteiger partial charge in [0.25, 0.3) is 0 Å². The lowest BCUT2D eigenvalue weighted by Crippen LogP contribution is -1.98. The van der Waals surface area contributed by atoms with Crippen molar-refractivity contribution in [2.45, 2.75) is 26.2 Å². The molecule has 0 spiro atoms. The molecule has 0 atom stereocenters. The minimum atomic E-state index is -0.717. The summed E-state index contributed by atoms with van der Waals surface area (Å²) in [4.78, 5) is 20.4. The molecule has 0 saturated heterocycles. The molecule has 0 fully saturated rings. The maximum Gasteiger partial charge on any atom is 0.332 e. The number of aliphatic carboxylic acids is 1. The standard InChI is InChI=1S/C10H12O2.C5H8O2/c11-10(12)8-4-7-9-5-2-1-3-6-9;1-4(2)5(6)7-3/h1-3,5-6H,4,7-8H2,(H,11,12);1H2,2-3H3. The van der Waals surface area contributed by atoms with Gasteiger partial charge in [0.2, 0.25) is 0 Å². The van der Waals surface area contributed by atoms with Crippen LogP contribution in [0, 0.1) is 0 Å². The molecule has 0 aliphatic carbocycles. The SMILES string of the molecule is C=C(C)C(=O)OC.O=C(O)CCCc1ccccc1. The molecule has 0 aliphatic rings. The van der Waals surface area contributed by atoms with E-state index in [0.29, 0.717) is 5.57 Å². The van der Waals surface area contributed by atoms with Crippen LogP contribution in [-0.2, 0) is 20.7 Å². The second-order valence-electron chi connectivity index (χ2n) is 4.00. The molecule has 19 heavy (non-hydrogen) atoms. The average Bonchev–Trinajstić information content (AvgIpc) is 2.39. The predicted molar refractivity (Wildman–Crippen MR) is 73.8 cm³/mol. The molecule has 104 valence electrons. The molecule has 0 aliphatic heterocycles. The molecule has 0 amide bonds. The minimum Gasteiger partial charge on any atom is -0.481 e. The van der Waals surface area contributed by atoms with Gasteiger partial charge in [0.1, 0.15) is 0 Å². The molecule has 0 heterocycles. The molecular formula is C15H20O4. The monoisotopic (exact) mass is 264 g/mol. The maximum absolute atomic E-state index is 10.2. The van der Waals surface area contributed by atoms with Crippen LogP contribution in [0.1, 0.15) is 25.3 Å². The summed E-state index contributed by atoms with van der Waals surface area (Å²) in [5, 5.41) is 8.39. The van der Waals surface area contributed by atoms with E-state index in [1.807, 2.05) is 30.3 Å². The lowest BCUT2D eigenvalue weighted by atomic mass is 10.1. The van der Waals surface area contributed by atoms with Gasteiger partial charge in [-0.3, -0.25) is 4.79 Å². The van der Waals surface area contributed by atoms with Gasteiger partial charge in [0, 0.05) is 12.0 Å². The van der Waals surface area contributed by atoms with Gasteiger partial charge in [-0.25, -0.2) is 4.79 Å². The van der Waals surface area contributed by atoms with Gasteiger partial charge in [-0.05, 0) is 25.3 Å². The van der Waals surface area contributed by atoms with Crippen molar-refractivity contribution in [1.29, 1.82) is 0 Å². The number of carboxylic acid groups (broad SMARTS) is 1. The first-order valence-electron chi connectivity index (χ1n) is 5.97. The van der Waals surface area contributed by atoms with E-state index < -0.39 is 5.97 Å². The zero-order valence-electron chi connectivity index (χ0n) is 11.4. The number of carboxylic acids is 1. The quantitative estimate of drug-likeness (QED) is 0.656. The first-order chi connectivity index (χ1) is 8.97. The molecule has 4 nitrogen and oxygen atoms in total. The van der Waals surface area contributed by atoms with Crippen molar-refractivity contribution in [3.8, 4) is 0 Å². The van der Waals surface area contributed by atoms with Crippen LogP contribution in [0.25, 0.3) is 0 Å². The zero-order valence-corrected chi connectivity index (χ0v) is 11.4. The topological polar surface area (TPSA) is 63.6 Å². The molecule has 1 aromatic carbocycles. The van der Waals surface area contributed by atoms with Crippen LogP contribution in [-0.4, -0.2) is 24.2 Å². The summed E-state index contributed by atoms with van der Waals surface area (Å²) < 4.78 is 4.27. The Morgan fingerprint density at radius 3 is 2.21 bits per heavy atom. The Labute approximate surface area is 113 Å². The van der Waals surface area contributed by atoms with Crippen molar-refractivity contribution < 1.29 is 19.4 Å². The van der Waals surface area contributed by atoms with Gasteiger partial charge < -0.3 is 9.84 Å². The molecule has 1 N–H and O–H groups in total. The van der Waals surface area contributed by atoms with Gasteiger partial charge in [0.05, 0.1) is 7.11 Å². The molecule has 0 bridgehead atoms. The Morgan fingerprint density at radius 1 is 1.26 bits per heavy atom. The number of benzene rings is 1. The van der Waals surface area contributed by atoms with Crippen molar-refractivity contribution >= 4 is 11.9 Å². The summed E-state index contributed by atoms with van der Waals surface area (Å²) in [5.41, 5.74) is 1.64. The maximum atomic E-state index is 10.2. The van der Waals surface area contributed by atoms with E-state index in [1.54, 1.807) is 6.92 Å². The second kappa shape index (κ2) is 9.88. The summed E-state index contributed by atoms with van der Waals surface area (Å²) in [7, 11) is 1.33. The molecule has 0 radical (unpaired) electrons. The summed E-state index contributed by atoms with van der Waals surface area (Å²) in [6.07, 6.45) is 1.83. The third kappa shape index (κ3) is 9.59. The van der Waals surface area contributed by atoms with Crippen LogP contribution in [0.5, 0.6) is 0 Å². The lowest BCUT2D eigenvalue weighted by molar-refractivity contribution is -0.137. The first kappa shape index (κ1) is 16.9. The number of rotatable bonds is 5. The van der Waals surface area contributed by atoms with Crippen LogP contribution in [0.2, 0.25) is 0 Å². The highest BCUT2D eigenvalue weighted by Crippen LogP contribution is 2.03. The molecule has 0 saturated carbocycles. The number of esters is 1. The normalized spacial score (nSPS) is 8.95. The molecule has 1 rings (SSSR count). The largest absolute Gasteiger partial charge is 0.481 e. The fraction of sp³-hybridized carbons (Fsp3) is 0.333. The van der Waals surface area contributed by atoms with Gasteiger partial charge in [0.15, 0.2) is 0 Å². The number of hydrogen-bond donors (Lipinski definition) is 1. The predicted octanol–water partition coefficient (Wildman–Crippen LogP) is 2.83. The van der Waals surface area contributed by atoms with E-state index in [9.17, 15) is 9.59 Å². The Balaban J connectivity index is 0.000000399. The molecule has 0 unspecified atom stereocenters. The van der Waals surface area contributed by atoms with Crippen LogP contribution in [0.4, 0.5) is 0 Å². The van der Waals surface area contributed by atoms with Gasteiger partial charge in [-0.15, -0.1) is 0 Å². The van der Waals surface area contributed by atoms with E-state index in [4.69, 9.17) is 5.11 Å². The first-order valence-corrected chi connectivity index (χ1v) is 5.97.